The second-order valence-corrected chi connectivity index (χ2v) is 6.99. The van der Waals surface area contributed by atoms with Gasteiger partial charge in [-0.05, 0) is 47.4 Å². The van der Waals surface area contributed by atoms with Crippen molar-refractivity contribution in [1.82, 2.24) is 0 Å². The summed E-state index contributed by atoms with van der Waals surface area (Å²) in [6.07, 6.45) is 4.49. The molecule has 0 spiro atoms. The molecule has 2 aromatic rings. The first-order valence-corrected chi connectivity index (χ1v) is 8.10. The lowest BCUT2D eigenvalue weighted by atomic mass is 9.67. The van der Waals surface area contributed by atoms with Crippen molar-refractivity contribution < 1.29 is 5.11 Å². The van der Waals surface area contributed by atoms with Gasteiger partial charge in [-0.15, -0.1) is 0 Å². The maximum Gasteiger partial charge on any atom is 0.0867 e. The van der Waals surface area contributed by atoms with Gasteiger partial charge in [-0.1, -0.05) is 48.9 Å². The van der Waals surface area contributed by atoms with Gasteiger partial charge < -0.3 is 10.8 Å². The van der Waals surface area contributed by atoms with Crippen LogP contribution in [0.15, 0.2) is 42.5 Å². The molecule has 0 radical (unpaired) electrons. The van der Waals surface area contributed by atoms with Crippen molar-refractivity contribution >= 4 is 10.8 Å². The van der Waals surface area contributed by atoms with E-state index in [0.717, 1.165) is 17.9 Å². The van der Waals surface area contributed by atoms with Gasteiger partial charge in [0, 0.05) is 12.0 Å². The van der Waals surface area contributed by atoms with Crippen molar-refractivity contribution in [2.24, 2.45) is 23.0 Å². The zero-order valence-corrected chi connectivity index (χ0v) is 12.3. The van der Waals surface area contributed by atoms with Crippen LogP contribution in [0.1, 0.15) is 37.4 Å². The quantitative estimate of drug-likeness (QED) is 0.902. The molecule has 2 aromatic carbocycles. The van der Waals surface area contributed by atoms with Crippen molar-refractivity contribution in [3.8, 4) is 0 Å². The second kappa shape index (κ2) is 4.82. The molecule has 2 aliphatic carbocycles. The number of hydrogen-bond acceptors (Lipinski definition) is 2. The van der Waals surface area contributed by atoms with Crippen LogP contribution in [-0.4, -0.2) is 11.7 Å². The molecule has 0 saturated heterocycles. The van der Waals surface area contributed by atoms with Crippen LogP contribution < -0.4 is 5.73 Å². The summed E-state index contributed by atoms with van der Waals surface area (Å²) < 4.78 is 0. The van der Waals surface area contributed by atoms with E-state index >= 15 is 0 Å². The number of rotatable bonds is 3. The fourth-order valence-corrected chi connectivity index (χ4v) is 4.98. The molecule has 2 fully saturated rings. The van der Waals surface area contributed by atoms with Crippen molar-refractivity contribution in [1.29, 1.82) is 0 Å². The summed E-state index contributed by atoms with van der Waals surface area (Å²) in [6, 6.07) is 14.6. The van der Waals surface area contributed by atoms with Gasteiger partial charge in [-0.25, -0.2) is 0 Å². The SMILES string of the molecule is NCC1(C(O)c2cccc3ccccc23)CC2CCC1C2. The van der Waals surface area contributed by atoms with Crippen molar-refractivity contribution in [3.63, 3.8) is 0 Å². The van der Waals surface area contributed by atoms with Crippen LogP contribution in [0.4, 0.5) is 0 Å². The van der Waals surface area contributed by atoms with E-state index in [-0.39, 0.29) is 5.41 Å². The molecule has 3 N–H and O–H groups in total. The lowest BCUT2D eigenvalue weighted by Crippen LogP contribution is -2.41. The highest BCUT2D eigenvalue weighted by molar-refractivity contribution is 5.86. The lowest BCUT2D eigenvalue weighted by Gasteiger charge is -2.41. The zero-order chi connectivity index (χ0) is 14.4. The number of hydrogen-bond donors (Lipinski definition) is 2. The Balaban J connectivity index is 1.81. The molecule has 110 valence electrons. The molecule has 0 amide bonds. The Morgan fingerprint density at radius 3 is 2.67 bits per heavy atom. The lowest BCUT2D eigenvalue weighted by molar-refractivity contribution is -0.0121. The van der Waals surface area contributed by atoms with Crippen molar-refractivity contribution in [2.75, 3.05) is 6.54 Å². The van der Waals surface area contributed by atoms with Gasteiger partial charge in [-0.2, -0.15) is 0 Å². The summed E-state index contributed by atoms with van der Waals surface area (Å²) in [5, 5.41) is 13.6. The maximum absolute atomic E-state index is 11.2. The predicted octanol–water partition coefficient (Wildman–Crippen LogP) is 3.64. The van der Waals surface area contributed by atoms with Gasteiger partial charge in [0.15, 0.2) is 0 Å². The van der Waals surface area contributed by atoms with Crippen molar-refractivity contribution in [3.05, 3.63) is 48.0 Å². The average molecular weight is 281 g/mol. The van der Waals surface area contributed by atoms with Crippen molar-refractivity contribution in [2.45, 2.75) is 31.8 Å². The number of aliphatic hydroxyl groups is 1. The van der Waals surface area contributed by atoms with Gasteiger partial charge in [0.2, 0.25) is 0 Å². The molecule has 21 heavy (non-hydrogen) atoms. The van der Waals surface area contributed by atoms with E-state index in [2.05, 4.69) is 42.5 Å². The molecule has 4 unspecified atom stereocenters. The summed E-state index contributed by atoms with van der Waals surface area (Å²) in [7, 11) is 0. The predicted molar refractivity (Wildman–Crippen MR) is 85.8 cm³/mol. The first-order chi connectivity index (χ1) is 10.2. The Bertz CT molecular complexity index is 662. The summed E-state index contributed by atoms with van der Waals surface area (Å²) in [5.74, 6) is 1.38. The van der Waals surface area contributed by atoms with Crippen LogP contribution in [0.3, 0.4) is 0 Å². The first kappa shape index (κ1) is 13.3. The number of benzene rings is 2. The van der Waals surface area contributed by atoms with Gasteiger partial charge in [0.05, 0.1) is 6.10 Å². The first-order valence-electron chi connectivity index (χ1n) is 8.10. The van der Waals surface area contributed by atoms with E-state index in [9.17, 15) is 5.11 Å². The highest BCUT2D eigenvalue weighted by Crippen LogP contribution is 2.60. The van der Waals surface area contributed by atoms with Crippen LogP contribution in [0.2, 0.25) is 0 Å². The van der Waals surface area contributed by atoms with Gasteiger partial charge in [0.1, 0.15) is 0 Å². The minimum atomic E-state index is -0.441. The summed E-state index contributed by atoms with van der Waals surface area (Å²) >= 11 is 0. The second-order valence-electron chi connectivity index (χ2n) is 6.99. The van der Waals surface area contributed by atoms with Crippen LogP contribution in [-0.2, 0) is 0 Å². The minimum Gasteiger partial charge on any atom is -0.388 e. The topological polar surface area (TPSA) is 46.2 Å². The number of fused-ring (bicyclic) bond motifs is 3. The van der Waals surface area contributed by atoms with Gasteiger partial charge in [-0.3, -0.25) is 0 Å². The summed E-state index contributed by atoms with van der Waals surface area (Å²) in [5.41, 5.74) is 7.13. The Morgan fingerprint density at radius 1 is 1.14 bits per heavy atom. The molecule has 2 nitrogen and oxygen atoms in total. The minimum absolute atomic E-state index is 0.104. The third-order valence-electron chi connectivity index (χ3n) is 6.07. The molecule has 2 aliphatic rings. The van der Waals surface area contributed by atoms with E-state index < -0.39 is 6.10 Å². The van der Waals surface area contributed by atoms with Gasteiger partial charge in [0.25, 0.3) is 0 Å². The Morgan fingerprint density at radius 2 is 1.95 bits per heavy atom. The smallest absolute Gasteiger partial charge is 0.0867 e. The third-order valence-corrected chi connectivity index (χ3v) is 6.07. The molecule has 2 heteroatoms. The summed E-state index contributed by atoms with van der Waals surface area (Å²) in [4.78, 5) is 0. The number of nitrogens with two attached hydrogens (primary N) is 1. The third kappa shape index (κ3) is 1.86. The maximum atomic E-state index is 11.2. The van der Waals surface area contributed by atoms with Crippen LogP contribution in [0, 0.1) is 17.3 Å². The Labute approximate surface area is 126 Å². The van der Waals surface area contributed by atoms with Gasteiger partial charge >= 0.3 is 0 Å². The standard InChI is InChI=1S/C19H23NO/c20-12-19(11-13-8-9-15(19)10-13)18(21)17-7-3-5-14-4-1-2-6-16(14)17/h1-7,13,15,18,21H,8-12,20H2. The van der Waals surface area contributed by atoms with E-state index in [1.807, 2.05) is 0 Å². The molecule has 4 rings (SSSR count). The largest absolute Gasteiger partial charge is 0.388 e. The fraction of sp³-hybridized carbons (Fsp3) is 0.474. The van der Waals surface area contributed by atoms with Crippen LogP contribution in [0.5, 0.6) is 0 Å². The van der Waals surface area contributed by atoms with Crippen LogP contribution in [0.25, 0.3) is 10.8 Å². The van der Waals surface area contributed by atoms with E-state index in [4.69, 9.17) is 5.73 Å². The Hall–Kier alpha value is -1.38. The zero-order valence-electron chi connectivity index (χ0n) is 12.3. The normalized spacial score (nSPS) is 32.7. The average Bonchev–Trinajstić information content (AvgIpc) is 3.15. The fourth-order valence-electron chi connectivity index (χ4n) is 4.98. The molecule has 0 aromatic heterocycles. The van der Waals surface area contributed by atoms with E-state index in [0.29, 0.717) is 12.5 Å². The van der Waals surface area contributed by atoms with E-state index in [1.165, 1.54) is 30.0 Å². The molecule has 0 heterocycles. The highest BCUT2D eigenvalue weighted by Gasteiger charge is 2.54. The summed E-state index contributed by atoms with van der Waals surface area (Å²) in [6.45, 7) is 0.596. The van der Waals surface area contributed by atoms with Crippen LogP contribution >= 0.6 is 0 Å². The molecular formula is C19H23NO. The number of aliphatic hydroxyl groups excluding tert-OH is 1. The highest BCUT2D eigenvalue weighted by atomic mass is 16.3. The molecule has 2 saturated carbocycles. The molecule has 4 atom stereocenters. The van der Waals surface area contributed by atoms with E-state index in [1.54, 1.807) is 0 Å². The molecule has 0 aliphatic heterocycles. The molecular weight excluding hydrogens is 258 g/mol. The Kier molecular flexibility index (Phi) is 3.05. The molecule has 2 bridgehead atoms. The monoisotopic (exact) mass is 281 g/mol.